The molecule has 0 fully saturated rings. The molecule has 2 rings (SSSR count). The average molecular weight is 332 g/mol. The van der Waals surface area contributed by atoms with Gasteiger partial charge in [0.05, 0.1) is 27.5 Å². The van der Waals surface area contributed by atoms with E-state index >= 15 is 0 Å². The summed E-state index contributed by atoms with van der Waals surface area (Å²) in [7, 11) is 0. The molecule has 116 valence electrons. The molecule has 0 saturated heterocycles. The molecule has 2 aromatic rings. The zero-order valence-electron chi connectivity index (χ0n) is 10.8. The highest BCUT2D eigenvalue weighted by atomic mass is 35.5. The first-order chi connectivity index (χ1) is 10.1. The number of benzene rings is 1. The minimum Gasteiger partial charge on any atom is -0.364 e. The molecule has 0 atom stereocenters. The number of hydrogen-bond acceptors (Lipinski definition) is 3. The summed E-state index contributed by atoms with van der Waals surface area (Å²) < 4.78 is 38.6. The second kappa shape index (κ2) is 5.38. The van der Waals surface area contributed by atoms with Crippen molar-refractivity contribution in [3.8, 4) is 0 Å². The van der Waals surface area contributed by atoms with E-state index in [2.05, 4.69) is 16.9 Å². The number of anilines is 1. The molecule has 0 spiro atoms. The van der Waals surface area contributed by atoms with E-state index in [0.717, 1.165) is 12.1 Å². The van der Waals surface area contributed by atoms with Crippen LogP contribution >= 0.6 is 11.6 Å². The van der Waals surface area contributed by atoms with E-state index in [0.29, 0.717) is 6.07 Å². The Balaban J connectivity index is 2.74. The number of carbonyl (C=O) groups excluding carboxylic acids is 1. The van der Waals surface area contributed by atoms with Crippen molar-refractivity contribution in [1.82, 2.24) is 4.98 Å². The molecule has 1 heterocycles. The van der Waals surface area contributed by atoms with Crippen LogP contribution < -0.4 is 16.6 Å². The number of alkyl halides is 3. The lowest BCUT2D eigenvalue weighted by molar-refractivity contribution is -0.137. The lowest BCUT2D eigenvalue weighted by Gasteiger charge is -2.13. The third-order valence-electron chi connectivity index (χ3n) is 2.81. The Labute approximate surface area is 126 Å². The number of primary amides is 1. The Bertz CT molecular complexity index is 843. The highest BCUT2D eigenvalue weighted by molar-refractivity contribution is 6.35. The number of aromatic amines is 1. The third-order valence-corrected chi connectivity index (χ3v) is 3.11. The van der Waals surface area contributed by atoms with E-state index in [-0.39, 0.29) is 27.3 Å². The first-order valence-corrected chi connectivity index (χ1v) is 6.17. The topological polar surface area (TPSA) is 88.0 Å². The first-order valence-electron chi connectivity index (χ1n) is 5.79. The molecule has 1 aromatic carbocycles. The Morgan fingerprint density at radius 1 is 1.32 bits per heavy atom. The molecule has 0 unspecified atom stereocenters. The van der Waals surface area contributed by atoms with Gasteiger partial charge >= 0.3 is 6.18 Å². The van der Waals surface area contributed by atoms with E-state index < -0.39 is 23.2 Å². The predicted octanol–water partition coefficient (Wildman–Crippen LogP) is 2.61. The highest BCUT2D eigenvalue weighted by Gasteiger charge is 2.31. The fourth-order valence-corrected chi connectivity index (χ4v) is 2.07. The summed E-state index contributed by atoms with van der Waals surface area (Å²) in [5.41, 5.74) is 3.05. The minimum atomic E-state index is -4.62. The normalized spacial score (nSPS) is 11.5. The SMILES string of the molecule is C=C(Nc1cc(=O)[nH]c2c(Cl)cc(C(F)(F)F)cc12)C(N)=O. The molecule has 0 aliphatic carbocycles. The van der Waals surface area contributed by atoms with Crippen molar-refractivity contribution in [2.75, 3.05) is 5.32 Å². The second-order valence-electron chi connectivity index (χ2n) is 4.39. The molecule has 0 saturated carbocycles. The standard InChI is InChI=1S/C13H9ClF3N3O2/c1-5(12(18)22)19-9-4-10(21)20-11-7(9)2-6(3-8(11)14)13(15,16)17/h2-4H,1H2,(H2,18,22)(H2,19,20,21). The Morgan fingerprint density at radius 3 is 2.50 bits per heavy atom. The number of fused-ring (bicyclic) bond motifs is 1. The van der Waals surface area contributed by atoms with Gasteiger partial charge in [-0.3, -0.25) is 9.59 Å². The van der Waals surface area contributed by atoms with Crippen LogP contribution in [0.4, 0.5) is 18.9 Å². The van der Waals surface area contributed by atoms with Gasteiger partial charge in [-0.25, -0.2) is 0 Å². The van der Waals surface area contributed by atoms with Crippen molar-refractivity contribution in [3.63, 3.8) is 0 Å². The molecule has 9 heteroatoms. The number of aromatic nitrogens is 1. The number of carbonyl (C=O) groups is 1. The summed E-state index contributed by atoms with van der Waals surface area (Å²) in [6.45, 7) is 3.33. The van der Waals surface area contributed by atoms with Gasteiger partial charge in [0.1, 0.15) is 0 Å². The molecule has 1 amide bonds. The van der Waals surface area contributed by atoms with Gasteiger partial charge in [0.15, 0.2) is 0 Å². The quantitative estimate of drug-likeness (QED) is 0.755. The summed E-state index contributed by atoms with van der Waals surface area (Å²) in [4.78, 5) is 24.9. The summed E-state index contributed by atoms with van der Waals surface area (Å²) in [6, 6.07) is 2.48. The number of nitrogens with one attached hydrogen (secondary N) is 2. The van der Waals surface area contributed by atoms with Crippen LogP contribution in [0.15, 0.2) is 35.3 Å². The zero-order chi connectivity index (χ0) is 16.7. The third kappa shape index (κ3) is 3.06. The monoisotopic (exact) mass is 331 g/mol. The van der Waals surface area contributed by atoms with Crippen LogP contribution in [-0.2, 0) is 11.0 Å². The van der Waals surface area contributed by atoms with Crippen molar-refractivity contribution in [2.24, 2.45) is 5.73 Å². The summed E-state index contributed by atoms with van der Waals surface area (Å²) >= 11 is 5.80. The van der Waals surface area contributed by atoms with Gasteiger partial charge in [-0.2, -0.15) is 13.2 Å². The number of rotatable bonds is 3. The fourth-order valence-electron chi connectivity index (χ4n) is 1.81. The van der Waals surface area contributed by atoms with Gasteiger partial charge in [-0.1, -0.05) is 18.2 Å². The van der Waals surface area contributed by atoms with Gasteiger partial charge < -0.3 is 16.0 Å². The van der Waals surface area contributed by atoms with Crippen LogP contribution in [0, 0.1) is 0 Å². The maximum absolute atomic E-state index is 12.9. The summed E-state index contributed by atoms with van der Waals surface area (Å²) in [5, 5.41) is 2.11. The van der Waals surface area contributed by atoms with Crippen molar-refractivity contribution in [1.29, 1.82) is 0 Å². The van der Waals surface area contributed by atoms with E-state index in [1.165, 1.54) is 0 Å². The second-order valence-corrected chi connectivity index (χ2v) is 4.80. The van der Waals surface area contributed by atoms with Gasteiger partial charge in [-0.15, -0.1) is 0 Å². The molecular formula is C13H9ClF3N3O2. The van der Waals surface area contributed by atoms with Crippen molar-refractivity contribution in [2.45, 2.75) is 6.18 Å². The van der Waals surface area contributed by atoms with Crippen molar-refractivity contribution < 1.29 is 18.0 Å². The summed E-state index contributed by atoms with van der Waals surface area (Å²) in [5.74, 6) is -0.911. The van der Waals surface area contributed by atoms with Gasteiger partial charge in [0.25, 0.3) is 11.5 Å². The van der Waals surface area contributed by atoms with Crippen LogP contribution in [0.5, 0.6) is 0 Å². The molecule has 22 heavy (non-hydrogen) atoms. The molecule has 4 N–H and O–H groups in total. The van der Waals surface area contributed by atoms with Crippen LogP contribution in [-0.4, -0.2) is 10.9 Å². The Kier molecular flexibility index (Phi) is 3.89. The maximum Gasteiger partial charge on any atom is 0.416 e. The number of nitrogens with two attached hydrogens (primary N) is 1. The molecule has 1 aromatic heterocycles. The maximum atomic E-state index is 12.9. The van der Waals surface area contributed by atoms with E-state index in [1.54, 1.807) is 0 Å². The lowest BCUT2D eigenvalue weighted by Crippen LogP contribution is -2.20. The van der Waals surface area contributed by atoms with Crippen molar-refractivity contribution in [3.05, 3.63) is 51.4 Å². The minimum absolute atomic E-state index is 0.00179. The molecule has 0 bridgehead atoms. The molecule has 5 nitrogen and oxygen atoms in total. The largest absolute Gasteiger partial charge is 0.416 e. The van der Waals surface area contributed by atoms with Gasteiger partial charge in [0.2, 0.25) is 0 Å². The number of pyridine rings is 1. The molecular weight excluding hydrogens is 323 g/mol. The van der Waals surface area contributed by atoms with Crippen molar-refractivity contribution >= 4 is 34.1 Å². The number of H-pyrrole nitrogens is 1. The smallest absolute Gasteiger partial charge is 0.364 e. The van der Waals surface area contributed by atoms with Crippen LogP contribution in [0.1, 0.15) is 5.56 Å². The fraction of sp³-hybridized carbons (Fsp3) is 0.0769. The van der Waals surface area contributed by atoms with Crippen LogP contribution in [0.2, 0.25) is 5.02 Å². The number of hydrogen-bond donors (Lipinski definition) is 3. The number of amides is 1. The zero-order valence-corrected chi connectivity index (χ0v) is 11.6. The average Bonchev–Trinajstić information content (AvgIpc) is 2.38. The first kappa shape index (κ1) is 15.9. The van der Waals surface area contributed by atoms with E-state index in [4.69, 9.17) is 17.3 Å². The van der Waals surface area contributed by atoms with E-state index in [1.807, 2.05) is 0 Å². The molecule has 0 aliphatic rings. The summed E-state index contributed by atoms with van der Waals surface area (Å²) in [6.07, 6.45) is -4.62. The van der Waals surface area contributed by atoms with Crippen LogP contribution in [0.25, 0.3) is 10.9 Å². The van der Waals surface area contributed by atoms with Gasteiger partial charge in [-0.05, 0) is 12.1 Å². The Morgan fingerprint density at radius 2 is 1.95 bits per heavy atom. The molecule has 0 radical (unpaired) electrons. The van der Waals surface area contributed by atoms with Crippen LogP contribution in [0.3, 0.4) is 0 Å². The van der Waals surface area contributed by atoms with Gasteiger partial charge in [0, 0.05) is 11.5 Å². The number of halogens is 4. The van der Waals surface area contributed by atoms with E-state index in [9.17, 15) is 22.8 Å². The predicted molar refractivity (Wildman–Crippen MR) is 76.5 cm³/mol. The highest BCUT2D eigenvalue weighted by Crippen LogP contribution is 2.36. The Hall–Kier alpha value is -2.48. The lowest BCUT2D eigenvalue weighted by atomic mass is 10.1. The molecule has 0 aliphatic heterocycles.